The molecule has 4 saturated heterocycles. The lowest BCUT2D eigenvalue weighted by Crippen LogP contribution is -2.25. The Morgan fingerprint density at radius 3 is 1.12 bits per heavy atom. The van der Waals surface area contributed by atoms with Crippen LogP contribution in [0.3, 0.4) is 0 Å². The minimum absolute atomic E-state index is 0.663. The molecule has 4 fully saturated rings. The van der Waals surface area contributed by atoms with Crippen molar-refractivity contribution in [2.45, 2.75) is 0 Å². The van der Waals surface area contributed by atoms with E-state index in [1.165, 1.54) is 0 Å². The number of hydrogen-bond acceptors (Lipinski definition) is 2. The molecule has 0 spiro atoms. The van der Waals surface area contributed by atoms with Crippen LogP contribution >= 0.6 is 15.2 Å². The molecule has 0 aromatic rings. The van der Waals surface area contributed by atoms with Gasteiger partial charge in [0.15, 0.2) is 0 Å². The van der Waals surface area contributed by atoms with Gasteiger partial charge in [0.05, 0.1) is 0 Å². The summed E-state index contributed by atoms with van der Waals surface area (Å²) in [7, 11) is -1.06. The van der Waals surface area contributed by atoms with Gasteiger partial charge in [0.1, 0.15) is 0 Å². The summed E-state index contributed by atoms with van der Waals surface area (Å²) in [5, 5.41) is 0. The Morgan fingerprint density at radius 1 is 0.667 bits per heavy atom. The molecule has 8 nitrogen and oxygen atoms in total. The highest BCUT2D eigenvalue weighted by molar-refractivity contribution is 7.57. The maximum Gasteiger partial charge on any atom is 0.287 e. The molecular weight excluding hydrogens is 346 g/mol. The summed E-state index contributed by atoms with van der Waals surface area (Å²) in [6.07, 6.45) is 4.12. The van der Waals surface area contributed by atoms with E-state index in [0.717, 1.165) is 52.4 Å². The highest BCUT2D eigenvalue weighted by Crippen LogP contribution is 2.62. The first-order valence-electron chi connectivity index (χ1n) is 8.77. The second-order valence-electron chi connectivity index (χ2n) is 6.99. The van der Waals surface area contributed by atoms with Crippen molar-refractivity contribution in [3.8, 4) is 0 Å². The molecule has 0 aromatic carbocycles. The summed E-state index contributed by atoms with van der Waals surface area (Å²) >= 11 is 0. The Labute approximate surface area is 144 Å². The SMILES string of the molecule is CN(C/C=C/CN(C)P(=O)(N1CC1)N1CC1)P(=O)(N1CC1)N1CC1. The lowest BCUT2D eigenvalue weighted by atomic mass is 10.5. The molecule has 10 heteroatoms. The van der Waals surface area contributed by atoms with Gasteiger partial charge >= 0.3 is 0 Å². The number of nitrogens with zero attached hydrogens (tertiary/aromatic N) is 6. The Morgan fingerprint density at radius 2 is 0.917 bits per heavy atom. The third-order valence-corrected chi connectivity index (χ3v) is 11.6. The smallest absolute Gasteiger partial charge is 0.270 e. The molecule has 0 aromatic heterocycles. The molecule has 0 bridgehead atoms. The maximum atomic E-state index is 13.2. The van der Waals surface area contributed by atoms with Crippen LogP contribution in [0.15, 0.2) is 12.2 Å². The van der Waals surface area contributed by atoms with Crippen molar-refractivity contribution >= 4 is 15.2 Å². The molecule has 0 radical (unpaired) electrons. The van der Waals surface area contributed by atoms with Crippen molar-refractivity contribution in [3.63, 3.8) is 0 Å². The molecular formula is C14H28N6O2P2. The van der Waals surface area contributed by atoms with Crippen molar-refractivity contribution in [1.82, 2.24) is 28.0 Å². The van der Waals surface area contributed by atoms with Gasteiger partial charge in [-0.15, -0.1) is 0 Å². The summed E-state index contributed by atoms with van der Waals surface area (Å²) < 4.78 is 38.7. The van der Waals surface area contributed by atoms with Crippen LogP contribution in [0, 0.1) is 0 Å². The average molecular weight is 374 g/mol. The van der Waals surface area contributed by atoms with Crippen molar-refractivity contribution in [2.24, 2.45) is 0 Å². The fourth-order valence-electron chi connectivity index (χ4n) is 3.11. The summed E-state index contributed by atoms with van der Waals surface area (Å²) in [5.41, 5.74) is 0. The molecule has 0 aliphatic carbocycles. The molecule has 0 N–H and O–H groups in total. The van der Waals surface area contributed by atoms with Crippen LogP contribution in [-0.2, 0) is 9.13 Å². The van der Waals surface area contributed by atoms with E-state index < -0.39 is 15.2 Å². The van der Waals surface area contributed by atoms with E-state index in [0.29, 0.717) is 13.1 Å². The number of hydrogen-bond donors (Lipinski definition) is 0. The van der Waals surface area contributed by atoms with Crippen LogP contribution in [0.1, 0.15) is 0 Å². The van der Waals surface area contributed by atoms with Gasteiger partial charge in [0.25, 0.3) is 15.2 Å². The minimum atomic E-state index is -2.48. The van der Waals surface area contributed by atoms with E-state index in [2.05, 4.69) is 30.8 Å². The first-order chi connectivity index (χ1) is 11.5. The molecule has 4 heterocycles. The van der Waals surface area contributed by atoms with Gasteiger partial charge < -0.3 is 0 Å². The standard InChI is InChI=1S/C14H28N6O2P2/c1-15(23(21,17-7-8-17)18-9-10-18)5-3-4-6-16(2)24(22,19-11-12-19)20-13-14-20/h3-4H,5-14H2,1-2H3/b4-3+. The van der Waals surface area contributed by atoms with Crippen molar-refractivity contribution in [2.75, 3.05) is 79.5 Å². The molecule has 136 valence electrons. The molecule has 0 amide bonds. The molecule has 4 aliphatic rings. The topological polar surface area (TPSA) is 52.7 Å². The Kier molecular flexibility index (Phi) is 4.55. The number of rotatable bonds is 10. The normalized spacial score (nSPS) is 26.0. The minimum Gasteiger partial charge on any atom is -0.270 e. The van der Waals surface area contributed by atoms with Crippen LogP contribution in [-0.4, -0.2) is 108 Å². The second-order valence-corrected chi connectivity index (χ2v) is 12.7. The quantitative estimate of drug-likeness (QED) is 0.317. The van der Waals surface area contributed by atoms with Crippen LogP contribution < -0.4 is 0 Å². The summed E-state index contributed by atoms with van der Waals surface area (Å²) in [5.74, 6) is 0. The summed E-state index contributed by atoms with van der Waals surface area (Å²) in [6.45, 7) is 8.88. The fourth-order valence-corrected chi connectivity index (χ4v) is 8.61. The summed E-state index contributed by atoms with van der Waals surface area (Å²) in [4.78, 5) is 0. The zero-order chi connectivity index (χ0) is 16.9. The molecule has 4 aliphatic heterocycles. The highest BCUT2D eigenvalue weighted by Gasteiger charge is 2.51. The monoisotopic (exact) mass is 374 g/mol. The van der Waals surface area contributed by atoms with Crippen molar-refractivity contribution < 1.29 is 9.13 Å². The van der Waals surface area contributed by atoms with Crippen LogP contribution in [0.5, 0.6) is 0 Å². The van der Waals surface area contributed by atoms with Crippen LogP contribution in [0.25, 0.3) is 0 Å². The lowest BCUT2D eigenvalue weighted by molar-refractivity contribution is 0.423. The predicted octanol–water partition coefficient (Wildman–Crippen LogP) is 0.885. The first-order valence-corrected chi connectivity index (χ1v) is 11.9. The van der Waals surface area contributed by atoms with Gasteiger partial charge in [-0.3, -0.25) is 9.13 Å². The average Bonchev–Trinajstić information content (AvgIpc) is 3.39. The predicted molar refractivity (Wildman–Crippen MR) is 95.9 cm³/mol. The molecule has 0 saturated carbocycles. The van der Waals surface area contributed by atoms with Crippen molar-refractivity contribution in [3.05, 3.63) is 12.2 Å². The van der Waals surface area contributed by atoms with Gasteiger partial charge in [-0.25, -0.2) is 28.0 Å². The molecule has 0 unspecified atom stereocenters. The largest absolute Gasteiger partial charge is 0.287 e. The lowest BCUT2D eigenvalue weighted by Gasteiger charge is -2.29. The zero-order valence-electron chi connectivity index (χ0n) is 14.6. The second kappa shape index (κ2) is 6.29. The third kappa shape index (κ3) is 3.19. The van der Waals surface area contributed by atoms with E-state index >= 15 is 0 Å². The fraction of sp³-hybridized carbons (Fsp3) is 0.857. The highest BCUT2D eigenvalue weighted by atomic mass is 31.2. The third-order valence-electron chi connectivity index (χ3n) is 4.96. The van der Waals surface area contributed by atoms with Crippen LogP contribution in [0.2, 0.25) is 0 Å². The van der Waals surface area contributed by atoms with Gasteiger partial charge in [-0.1, -0.05) is 12.2 Å². The van der Waals surface area contributed by atoms with Gasteiger partial charge in [0.2, 0.25) is 0 Å². The van der Waals surface area contributed by atoms with E-state index in [1.807, 2.05) is 23.4 Å². The molecule has 4 rings (SSSR count). The van der Waals surface area contributed by atoms with Gasteiger partial charge in [0, 0.05) is 65.4 Å². The van der Waals surface area contributed by atoms with E-state index in [9.17, 15) is 9.13 Å². The zero-order valence-corrected chi connectivity index (χ0v) is 16.4. The van der Waals surface area contributed by atoms with E-state index in [4.69, 9.17) is 0 Å². The first kappa shape index (κ1) is 17.4. The Hall–Kier alpha value is -0.0400. The van der Waals surface area contributed by atoms with Crippen molar-refractivity contribution in [1.29, 1.82) is 0 Å². The van der Waals surface area contributed by atoms with Crippen LogP contribution in [0.4, 0.5) is 0 Å². The Balaban J connectivity index is 1.31. The Bertz CT molecular complexity index is 528. The molecule has 0 atom stereocenters. The van der Waals surface area contributed by atoms with Gasteiger partial charge in [-0.2, -0.15) is 0 Å². The van der Waals surface area contributed by atoms with Gasteiger partial charge in [-0.05, 0) is 14.1 Å². The summed E-state index contributed by atoms with van der Waals surface area (Å²) in [6, 6.07) is 0. The van der Waals surface area contributed by atoms with E-state index in [-0.39, 0.29) is 0 Å². The number of likely N-dealkylation sites (N-methyl/N-ethyl adjacent to an activating group) is 2. The maximum absolute atomic E-state index is 13.2. The molecule has 24 heavy (non-hydrogen) atoms. The van der Waals surface area contributed by atoms with E-state index in [1.54, 1.807) is 0 Å².